The van der Waals surface area contributed by atoms with E-state index in [-0.39, 0.29) is 0 Å². The van der Waals surface area contributed by atoms with E-state index < -0.39 is 0 Å². The average Bonchev–Trinajstić information content (AvgIpc) is 2.93. The van der Waals surface area contributed by atoms with Crippen LogP contribution in [0.3, 0.4) is 0 Å². The number of nitrogens with zero attached hydrogens (tertiary/aromatic N) is 2. The summed E-state index contributed by atoms with van der Waals surface area (Å²) >= 11 is 0. The lowest BCUT2D eigenvalue weighted by Gasteiger charge is -2.13. The van der Waals surface area contributed by atoms with Crippen LogP contribution < -0.4 is 5.32 Å². The first-order valence-corrected chi connectivity index (χ1v) is 5.31. The molecule has 3 heteroatoms. The Balaban J connectivity index is 1.85. The summed E-state index contributed by atoms with van der Waals surface area (Å²) in [5, 5.41) is 11.5. The normalized spacial score (nSPS) is 17.9. The molecule has 1 heterocycles. The van der Waals surface area contributed by atoms with Gasteiger partial charge in [-0.1, -0.05) is 12.8 Å². The van der Waals surface area contributed by atoms with E-state index in [1.54, 1.807) is 0 Å². The fraction of sp³-hybridized carbons (Fsp3) is 0.636. The Kier molecular flexibility index (Phi) is 2.66. The molecule has 1 aliphatic rings. The zero-order chi connectivity index (χ0) is 9.97. The molecule has 0 bridgehead atoms. The summed E-state index contributed by atoms with van der Waals surface area (Å²) in [4.78, 5) is 0. The molecular weight excluding hydrogens is 174 g/mol. The van der Waals surface area contributed by atoms with Gasteiger partial charge in [0.2, 0.25) is 0 Å². The van der Waals surface area contributed by atoms with Gasteiger partial charge in [-0.15, -0.1) is 5.10 Å². The molecule has 0 aromatic carbocycles. The minimum Gasteiger partial charge on any atom is -0.366 e. The number of aromatic nitrogens is 2. The first-order chi connectivity index (χ1) is 6.74. The molecule has 2 rings (SSSR count). The van der Waals surface area contributed by atoms with Gasteiger partial charge in [-0.25, -0.2) is 0 Å². The Bertz CT molecular complexity index is 290. The van der Waals surface area contributed by atoms with Crippen molar-refractivity contribution in [1.29, 1.82) is 0 Å². The first kappa shape index (κ1) is 9.44. The Morgan fingerprint density at radius 2 is 2.21 bits per heavy atom. The number of hydrogen-bond acceptors (Lipinski definition) is 3. The summed E-state index contributed by atoms with van der Waals surface area (Å²) in [5.41, 5.74) is 0.963. The second-order valence-electron chi connectivity index (χ2n) is 4.28. The second-order valence-corrected chi connectivity index (χ2v) is 4.28. The first-order valence-electron chi connectivity index (χ1n) is 5.31. The smallest absolute Gasteiger partial charge is 0.148 e. The summed E-state index contributed by atoms with van der Waals surface area (Å²) in [6.07, 6.45) is 4.08. The van der Waals surface area contributed by atoms with Crippen LogP contribution in [-0.4, -0.2) is 16.2 Å². The van der Waals surface area contributed by atoms with Crippen molar-refractivity contribution < 1.29 is 0 Å². The Morgan fingerprint density at radius 3 is 2.79 bits per heavy atom. The van der Waals surface area contributed by atoms with Crippen molar-refractivity contribution in [3.63, 3.8) is 0 Å². The van der Waals surface area contributed by atoms with Gasteiger partial charge >= 0.3 is 0 Å². The number of aryl methyl sites for hydroxylation is 1. The molecule has 0 amide bonds. The van der Waals surface area contributed by atoms with Crippen LogP contribution >= 0.6 is 0 Å². The molecule has 0 aliphatic heterocycles. The van der Waals surface area contributed by atoms with Gasteiger partial charge in [0.05, 0.1) is 5.69 Å². The fourth-order valence-electron chi connectivity index (χ4n) is 1.64. The number of hydrogen-bond donors (Lipinski definition) is 1. The largest absolute Gasteiger partial charge is 0.366 e. The molecule has 1 aromatic rings. The number of anilines is 1. The topological polar surface area (TPSA) is 37.8 Å². The molecule has 1 N–H and O–H groups in total. The van der Waals surface area contributed by atoms with Crippen molar-refractivity contribution in [2.24, 2.45) is 5.92 Å². The molecule has 1 aromatic heterocycles. The molecule has 1 aliphatic carbocycles. The minimum atomic E-state index is 0.513. The SMILES string of the molecule is Cc1ccc(NC(C)CC2CC2)nn1. The molecule has 0 saturated heterocycles. The highest BCUT2D eigenvalue weighted by atomic mass is 15.2. The van der Waals surface area contributed by atoms with Gasteiger partial charge in [0.25, 0.3) is 0 Å². The van der Waals surface area contributed by atoms with E-state index in [9.17, 15) is 0 Å². The van der Waals surface area contributed by atoms with Crippen LogP contribution in [0.4, 0.5) is 5.82 Å². The molecule has 1 unspecified atom stereocenters. The van der Waals surface area contributed by atoms with Crippen molar-refractivity contribution in [2.75, 3.05) is 5.32 Å². The van der Waals surface area contributed by atoms with E-state index in [1.807, 2.05) is 19.1 Å². The van der Waals surface area contributed by atoms with E-state index in [0.29, 0.717) is 6.04 Å². The van der Waals surface area contributed by atoms with Crippen LogP contribution in [-0.2, 0) is 0 Å². The highest BCUT2D eigenvalue weighted by Gasteiger charge is 2.23. The molecular formula is C11H17N3. The van der Waals surface area contributed by atoms with Crippen LogP contribution in [0, 0.1) is 12.8 Å². The van der Waals surface area contributed by atoms with Gasteiger partial charge in [-0.05, 0) is 38.3 Å². The van der Waals surface area contributed by atoms with Crippen LogP contribution in [0.1, 0.15) is 31.9 Å². The van der Waals surface area contributed by atoms with E-state index in [2.05, 4.69) is 22.4 Å². The number of nitrogens with one attached hydrogen (secondary N) is 1. The third-order valence-corrected chi connectivity index (χ3v) is 2.58. The van der Waals surface area contributed by atoms with Gasteiger partial charge in [-0.2, -0.15) is 5.10 Å². The van der Waals surface area contributed by atoms with Crippen molar-refractivity contribution in [2.45, 2.75) is 39.2 Å². The average molecular weight is 191 g/mol. The van der Waals surface area contributed by atoms with Gasteiger partial charge in [-0.3, -0.25) is 0 Å². The van der Waals surface area contributed by atoms with Gasteiger partial charge < -0.3 is 5.32 Å². The Hall–Kier alpha value is -1.12. The van der Waals surface area contributed by atoms with Gasteiger partial charge in [0.15, 0.2) is 0 Å². The fourth-order valence-corrected chi connectivity index (χ4v) is 1.64. The molecule has 3 nitrogen and oxygen atoms in total. The standard InChI is InChI=1S/C11H17N3/c1-8-3-6-11(14-13-8)12-9(2)7-10-4-5-10/h3,6,9-10H,4-5,7H2,1-2H3,(H,12,14). The van der Waals surface area contributed by atoms with Crippen LogP contribution in [0.15, 0.2) is 12.1 Å². The summed E-state index contributed by atoms with van der Waals surface area (Å²) in [6, 6.07) is 4.49. The monoisotopic (exact) mass is 191 g/mol. The molecule has 1 fully saturated rings. The van der Waals surface area contributed by atoms with Crippen LogP contribution in [0.2, 0.25) is 0 Å². The maximum Gasteiger partial charge on any atom is 0.148 e. The predicted molar refractivity (Wildman–Crippen MR) is 57.2 cm³/mol. The van der Waals surface area contributed by atoms with Crippen LogP contribution in [0.5, 0.6) is 0 Å². The number of rotatable bonds is 4. The minimum absolute atomic E-state index is 0.513. The highest BCUT2D eigenvalue weighted by molar-refractivity contribution is 5.33. The van der Waals surface area contributed by atoms with Crippen molar-refractivity contribution >= 4 is 5.82 Å². The van der Waals surface area contributed by atoms with Crippen molar-refractivity contribution in [3.8, 4) is 0 Å². The van der Waals surface area contributed by atoms with Gasteiger partial charge in [0.1, 0.15) is 5.82 Å². The van der Waals surface area contributed by atoms with E-state index in [4.69, 9.17) is 0 Å². The summed E-state index contributed by atoms with van der Waals surface area (Å²) < 4.78 is 0. The van der Waals surface area contributed by atoms with E-state index >= 15 is 0 Å². The van der Waals surface area contributed by atoms with Crippen molar-refractivity contribution in [3.05, 3.63) is 17.8 Å². The third-order valence-electron chi connectivity index (χ3n) is 2.58. The van der Waals surface area contributed by atoms with E-state index in [0.717, 1.165) is 17.4 Å². The summed E-state index contributed by atoms with van der Waals surface area (Å²) in [5.74, 6) is 1.85. The lowest BCUT2D eigenvalue weighted by molar-refractivity contribution is 0.638. The quantitative estimate of drug-likeness (QED) is 0.794. The van der Waals surface area contributed by atoms with Crippen LogP contribution in [0.25, 0.3) is 0 Å². The maximum atomic E-state index is 4.08. The molecule has 1 atom stereocenters. The summed E-state index contributed by atoms with van der Waals surface area (Å²) in [6.45, 7) is 4.16. The Morgan fingerprint density at radius 1 is 1.43 bits per heavy atom. The maximum absolute atomic E-state index is 4.08. The molecule has 1 saturated carbocycles. The second kappa shape index (κ2) is 3.95. The highest BCUT2D eigenvalue weighted by Crippen LogP contribution is 2.33. The predicted octanol–water partition coefficient (Wildman–Crippen LogP) is 2.39. The Labute approximate surface area is 84.9 Å². The van der Waals surface area contributed by atoms with E-state index in [1.165, 1.54) is 19.3 Å². The molecule has 0 spiro atoms. The molecule has 14 heavy (non-hydrogen) atoms. The lowest BCUT2D eigenvalue weighted by Crippen LogP contribution is -2.16. The molecule has 76 valence electrons. The third kappa shape index (κ3) is 2.69. The zero-order valence-electron chi connectivity index (χ0n) is 8.83. The molecule has 0 radical (unpaired) electrons. The zero-order valence-corrected chi connectivity index (χ0v) is 8.83. The lowest BCUT2D eigenvalue weighted by atomic mass is 10.1. The van der Waals surface area contributed by atoms with Crippen molar-refractivity contribution in [1.82, 2.24) is 10.2 Å². The van der Waals surface area contributed by atoms with Gasteiger partial charge in [0, 0.05) is 6.04 Å². The summed E-state index contributed by atoms with van der Waals surface area (Å²) in [7, 11) is 0.